The summed E-state index contributed by atoms with van der Waals surface area (Å²) in [7, 11) is 1.55. The fourth-order valence-electron chi connectivity index (χ4n) is 1.61. The number of nitrogens with zero attached hydrogens (tertiary/aromatic N) is 1. The monoisotopic (exact) mass is 219 g/mol. The third-order valence-electron chi connectivity index (χ3n) is 2.47. The van der Waals surface area contributed by atoms with Gasteiger partial charge >= 0.3 is 0 Å². The van der Waals surface area contributed by atoms with Crippen molar-refractivity contribution >= 4 is 0 Å². The average Bonchev–Trinajstić information content (AvgIpc) is 2.74. The summed E-state index contributed by atoms with van der Waals surface area (Å²) in [6.07, 6.45) is 2.34. The molecule has 0 spiro atoms. The summed E-state index contributed by atoms with van der Waals surface area (Å²) < 4.78 is 10.3. The van der Waals surface area contributed by atoms with Gasteiger partial charge in [-0.15, -0.1) is 0 Å². The molecule has 0 aliphatic rings. The molecule has 0 fully saturated rings. The van der Waals surface area contributed by atoms with E-state index in [0.29, 0.717) is 22.8 Å². The lowest BCUT2D eigenvalue weighted by Gasteiger charge is -2.12. The van der Waals surface area contributed by atoms with Crippen LogP contribution in [0, 0.1) is 6.92 Å². The maximum atomic E-state index is 10.2. The smallest absolute Gasteiger partial charge is 0.143 e. The first-order valence-electron chi connectivity index (χ1n) is 4.95. The van der Waals surface area contributed by atoms with Crippen LogP contribution in [0.4, 0.5) is 0 Å². The van der Waals surface area contributed by atoms with Crippen LogP contribution in [-0.4, -0.2) is 17.2 Å². The van der Waals surface area contributed by atoms with Gasteiger partial charge in [0.25, 0.3) is 0 Å². The predicted octanol–water partition coefficient (Wildman–Crippen LogP) is 2.07. The zero-order chi connectivity index (χ0) is 11.5. The van der Waals surface area contributed by atoms with Gasteiger partial charge in [-0.05, 0) is 25.1 Å². The van der Waals surface area contributed by atoms with Crippen molar-refractivity contribution in [3.05, 3.63) is 47.7 Å². The van der Waals surface area contributed by atoms with E-state index in [1.165, 1.54) is 0 Å². The third-order valence-corrected chi connectivity index (χ3v) is 2.47. The Balaban J connectivity index is 2.41. The number of aliphatic hydroxyl groups excluding tert-OH is 1. The number of rotatable bonds is 3. The molecule has 4 nitrogen and oxygen atoms in total. The molecule has 16 heavy (non-hydrogen) atoms. The first-order chi connectivity index (χ1) is 7.74. The molecular formula is C12H13NO3. The Bertz CT molecular complexity index is 479. The summed E-state index contributed by atoms with van der Waals surface area (Å²) in [6.45, 7) is 1.80. The lowest BCUT2D eigenvalue weighted by Crippen LogP contribution is -2.04. The molecule has 0 aliphatic carbocycles. The van der Waals surface area contributed by atoms with Gasteiger partial charge in [-0.2, -0.15) is 0 Å². The second-order valence-corrected chi connectivity index (χ2v) is 3.43. The minimum atomic E-state index is -0.824. The van der Waals surface area contributed by atoms with Crippen molar-refractivity contribution in [1.82, 2.24) is 4.98 Å². The largest absolute Gasteiger partial charge is 0.495 e. The summed E-state index contributed by atoms with van der Waals surface area (Å²) in [5.74, 6) is 1.25. The maximum Gasteiger partial charge on any atom is 0.143 e. The number of aliphatic hydroxyl groups is 1. The van der Waals surface area contributed by atoms with Crippen LogP contribution in [0.3, 0.4) is 0 Å². The molecule has 0 radical (unpaired) electrons. The van der Waals surface area contributed by atoms with Gasteiger partial charge in [0.15, 0.2) is 0 Å². The first kappa shape index (κ1) is 10.7. The molecule has 2 rings (SSSR count). The van der Waals surface area contributed by atoms with Gasteiger partial charge < -0.3 is 14.3 Å². The molecule has 2 aromatic rings. The molecular weight excluding hydrogens is 206 g/mol. The van der Waals surface area contributed by atoms with E-state index in [-0.39, 0.29) is 0 Å². The van der Waals surface area contributed by atoms with Crippen molar-refractivity contribution in [1.29, 1.82) is 0 Å². The van der Waals surface area contributed by atoms with E-state index in [2.05, 4.69) is 4.98 Å². The molecule has 4 heteroatoms. The minimum absolute atomic E-state index is 0.495. The number of ether oxygens (including phenoxy) is 1. The predicted molar refractivity (Wildman–Crippen MR) is 58.3 cm³/mol. The highest BCUT2D eigenvalue weighted by Crippen LogP contribution is 2.29. The van der Waals surface area contributed by atoms with E-state index in [9.17, 15) is 5.11 Å². The third kappa shape index (κ3) is 1.79. The summed E-state index contributed by atoms with van der Waals surface area (Å²) in [4.78, 5) is 4.13. The van der Waals surface area contributed by atoms with Gasteiger partial charge in [-0.3, -0.25) is 4.98 Å². The van der Waals surface area contributed by atoms with E-state index in [4.69, 9.17) is 9.15 Å². The van der Waals surface area contributed by atoms with Crippen LogP contribution in [-0.2, 0) is 0 Å². The highest BCUT2D eigenvalue weighted by Gasteiger charge is 2.19. The van der Waals surface area contributed by atoms with Crippen molar-refractivity contribution in [2.75, 3.05) is 7.11 Å². The molecule has 1 unspecified atom stereocenters. The van der Waals surface area contributed by atoms with Crippen molar-refractivity contribution < 1.29 is 14.3 Å². The summed E-state index contributed by atoms with van der Waals surface area (Å²) in [5, 5.41) is 10.2. The number of furan rings is 1. The van der Waals surface area contributed by atoms with Gasteiger partial charge in [-0.1, -0.05) is 0 Å². The summed E-state index contributed by atoms with van der Waals surface area (Å²) in [6, 6.07) is 5.26. The van der Waals surface area contributed by atoms with Gasteiger partial charge in [0, 0.05) is 11.8 Å². The fraction of sp³-hybridized carbons (Fsp3) is 0.250. The highest BCUT2D eigenvalue weighted by molar-refractivity contribution is 5.35. The zero-order valence-electron chi connectivity index (χ0n) is 9.18. The number of aryl methyl sites for hydroxylation is 1. The van der Waals surface area contributed by atoms with Gasteiger partial charge in [0.05, 0.1) is 13.4 Å². The number of hydrogen-bond acceptors (Lipinski definition) is 4. The number of methoxy groups -OCH3 is 1. The normalized spacial score (nSPS) is 12.4. The van der Waals surface area contributed by atoms with E-state index in [0.717, 1.165) is 0 Å². The summed E-state index contributed by atoms with van der Waals surface area (Å²) in [5.41, 5.74) is 1.20. The molecule has 0 amide bonds. The molecule has 0 aliphatic heterocycles. The first-order valence-corrected chi connectivity index (χ1v) is 4.95. The van der Waals surface area contributed by atoms with E-state index < -0.39 is 6.10 Å². The van der Waals surface area contributed by atoms with Gasteiger partial charge in [-0.25, -0.2) is 0 Å². The van der Waals surface area contributed by atoms with Crippen LogP contribution in [0.1, 0.15) is 23.1 Å². The van der Waals surface area contributed by atoms with Crippen LogP contribution in [0.25, 0.3) is 0 Å². The molecule has 1 N–H and O–H groups in total. The summed E-state index contributed by atoms with van der Waals surface area (Å²) >= 11 is 0. The SMILES string of the molecule is COc1cccnc1C(O)c1ccoc1C. The highest BCUT2D eigenvalue weighted by atomic mass is 16.5. The van der Waals surface area contributed by atoms with Crippen molar-refractivity contribution in [3.63, 3.8) is 0 Å². The lowest BCUT2D eigenvalue weighted by molar-refractivity contribution is 0.207. The minimum Gasteiger partial charge on any atom is -0.495 e. The van der Waals surface area contributed by atoms with Crippen LogP contribution in [0.2, 0.25) is 0 Å². The van der Waals surface area contributed by atoms with Crippen LogP contribution >= 0.6 is 0 Å². The second-order valence-electron chi connectivity index (χ2n) is 3.43. The fourth-order valence-corrected chi connectivity index (χ4v) is 1.61. The standard InChI is InChI=1S/C12H13NO3/c1-8-9(5-7-16-8)12(14)11-10(15-2)4-3-6-13-11/h3-7,12,14H,1-2H3. The molecule has 0 saturated carbocycles. The van der Waals surface area contributed by atoms with Crippen molar-refractivity contribution in [2.45, 2.75) is 13.0 Å². The Morgan fingerprint density at radius 1 is 1.44 bits per heavy atom. The van der Waals surface area contributed by atoms with Gasteiger partial charge in [0.2, 0.25) is 0 Å². The Hall–Kier alpha value is -1.81. The second kappa shape index (κ2) is 4.37. The average molecular weight is 219 g/mol. The molecule has 0 aromatic carbocycles. The number of aromatic nitrogens is 1. The maximum absolute atomic E-state index is 10.2. The molecule has 2 aromatic heterocycles. The van der Waals surface area contributed by atoms with Crippen LogP contribution < -0.4 is 4.74 Å². The van der Waals surface area contributed by atoms with Gasteiger partial charge in [0.1, 0.15) is 23.3 Å². The number of pyridine rings is 1. The topological polar surface area (TPSA) is 55.5 Å². The Labute approximate surface area is 93.5 Å². The van der Waals surface area contributed by atoms with E-state index in [1.807, 2.05) is 0 Å². The molecule has 1 atom stereocenters. The van der Waals surface area contributed by atoms with Crippen LogP contribution in [0.15, 0.2) is 35.1 Å². The molecule has 84 valence electrons. The van der Waals surface area contributed by atoms with Crippen LogP contribution in [0.5, 0.6) is 5.75 Å². The van der Waals surface area contributed by atoms with E-state index in [1.54, 1.807) is 44.7 Å². The molecule has 0 bridgehead atoms. The quantitative estimate of drug-likeness (QED) is 0.858. The Morgan fingerprint density at radius 2 is 2.25 bits per heavy atom. The molecule has 2 heterocycles. The zero-order valence-corrected chi connectivity index (χ0v) is 9.18. The Kier molecular flexibility index (Phi) is 2.92. The van der Waals surface area contributed by atoms with E-state index >= 15 is 0 Å². The van der Waals surface area contributed by atoms with Crippen molar-refractivity contribution in [2.24, 2.45) is 0 Å². The molecule has 0 saturated heterocycles. The van der Waals surface area contributed by atoms with Crippen molar-refractivity contribution in [3.8, 4) is 5.75 Å². The Morgan fingerprint density at radius 3 is 2.88 bits per heavy atom. The lowest BCUT2D eigenvalue weighted by atomic mass is 10.1. The number of hydrogen-bond donors (Lipinski definition) is 1.